The Morgan fingerprint density at radius 1 is 1.09 bits per heavy atom. The quantitative estimate of drug-likeness (QED) is 0.456. The highest BCUT2D eigenvalue weighted by atomic mass is 19.3. The summed E-state index contributed by atoms with van der Waals surface area (Å²) in [5.74, 6) is -2.26. The Labute approximate surface area is 127 Å². The number of hydrogen-bond donors (Lipinski definition) is 0. The molecular formula is C14H8F3NO5. The van der Waals surface area contributed by atoms with Crippen LogP contribution in [-0.2, 0) is 0 Å². The molecule has 0 radical (unpaired) electrons. The molecular weight excluding hydrogens is 319 g/mol. The van der Waals surface area contributed by atoms with E-state index in [-0.39, 0.29) is 11.3 Å². The van der Waals surface area contributed by atoms with E-state index in [4.69, 9.17) is 4.74 Å². The Balaban J connectivity index is 2.38. The first kappa shape index (κ1) is 16.3. The molecule has 0 aromatic heterocycles. The number of ether oxygens (including phenoxy) is 2. The van der Waals surface area contributed by atoms with E-state index >= 15 is 0 Å². The number of hydrogen-bond acceptors (Lipinski definition) is 5. The Hall–Kier alpha value is -3.10. The molecule has 2 aromatic carbocycles. The largest absolute Gasteiger partial charge is 0.450 e. The van der Waals surface area contributed by atoms with Crippen molar-refractivity contribution in [3.63, 3.8) is 0 Å². The van der Waals surface area contributed by atoms with Crippen LogP contribution in [0.1, 0.15) is 10.4 Å². The molecule has 0 fully saturated rings. The Morgan fingerprint density at radius 2 is 1.78 bits per heavy atom. The van der Waals surface area contributed by atoms with Gasteiger partial charge in [0, 0.05) is 11.6 Å². The van der Waals surface area contributed by atoms with Gasteiger partial charge in [-0.15, -0.1) is 0 Å². The van der Waals surface area contributed by atoms with E-state index in [9.17, 15) is 28.1 Å². The summed E-state index contributed by atoms with van der Waals surface area (Å²) in [5, 5.41) is 10.5. The fraction of sp³-hybridized carbons (Fsp3) is 0.0714. The molecule has 23 heavy (non-hydrogen) atoms. The molecule has 0 saturated heterocycles. The average molecular weight is 327 g/mol. The number of rotatable bonds is 6. The average Bonchev–Trinajstić information content (AvgIpc) is 2.50. The fourth-order valence-corrected chi connectivity index (χ4v) is 1.68. The first-order valence-corrected chi connectivity index (χ1v) is 6.06. The zero-order valence-electron chi connectivity index (χ0n) is 11.2. The minimum absolute atomic E-state index is 0.0870. The van der Waals surface area contributed by atoms with Gasteiger partial charge < -0.3 is 9.47 Å². The monoisotopic (exact) mass is 327 g/mol. The highest BCUT2D eigenvalue weighted by Gasteiger charge is 2.16. The molecule has 0 N–H and O–H groups in total. The van der Waals surface area contributed by atoms with E-state index in [1.54, 1.807) is 0 Å². The van der Waals surface area contributed by atoms with Gasteiger partial charge in [-0.2, -0.15) is 8.78 Å². The van der Waals surface area contributed by atoms with Crippen LogP contribution in [0.2, 0.25) is 0 Å². The van der Waals surface area contributed by atoms with Crippen molar-refractivity contribution in [3.8, 4) is 17.2 Å². The van der Waals surface area contributed by atoms with Gasteiger partial charge in [-0.25, -0.2) is 4.39 Å². The third kappa shape index (κ3) is 3.96. The molecule has 0 aliphatic carbocycles. The van der Waals surface area contributed by atoms with E-state index < -0.39 is 34.5 Å². The topological polar surface area (TPSA) is 78.7 Å². The second kappa shape index (κ2) is 6.77. The molecule has 0 heterocycles. The van der Waals surface area contributed by atoms with Crippen LogP contribution in [0.25, 0.3) is 0 Å². The van der Waals surface area contributed by atoms with E-state index in [2.05, 4.69) is 4.74 Å². The lowest BCUT2D eigenvalue weighted by molar-refractivity contribution is -0.385. The van der Waals surface area contributed by atoms with E-state index in [0.717, 1.165) is 24.3 Å². The summed E-state index contributed by atoms with van der Waals surface area (Å²) in [5.41, 5.74) is -0.413. The molecule has 9 heteroatoms. The molecule has 2 rings (SSSR count). The lowest BCUT2D eigenvalue weighted by Gasteiger charge is -2.12. The Morgan fingerprint density at radius 3 is 2.35 bits per heavy atom. The van der Waals surface area contributed by atoms with Gasteiger partial charge in [0.05, 0.1) is 11.0 Å². The van der Waals surface area contributed by atoms with Crippen LogP contribution in [0.5, 0.6) is 17.2 Å². The minimum atomic E-state index is -3.15. The van der Waals surface area contributed by atoms with Gasteiger partial charge in [-0.05, 0) is 24.3 Å². The summed E-state index contributed by atoms with van der Waals surface area (Å²) < 4.78 is 47.8. The van der Waals surface area contributed by atoms with Crippen LogP contribution in [0.15, 0.2) is 36.4 Å². The molecule has 0 aliphatic heterocycles. The van der Waals surface area contributed by atoms with Crippen molar-refractivity contribution in [1.82, 2.24) is 0 Å². The summed E-state index contributed by atoms with van der Waals surface area (Å²) in [4.78, 5) is 20.5. The minimum Gasteiger partial charge on any atom is -0.450 e. The van der Waals surface area contributed by atoms with Crippen LogP contribution < -0.4 is 9.47 Å². The van der Waals surface area contributed by atoms with Crippen molar-refractivity contribution >= 4 is 12.0 Å². The van der Waals surface area contributed by atoms with Crippen LogP contribution in [0.4, 0.5) is 18.9 Å². The zero-order valence-corrected chi connectivity index (χ0v) is 11.2. The van der Waals surface area contributed by atoms with Crippen molar-refractivity contribution in [2.24, 2.45) is 0 Å². The molecule has 6 nitrogen and oxygen atoms in total. The van der Waals surface area contributed by atoms with Gasteiger partial charge in [-0.3, -0.25) is 14.9 Å². The number of benzene rings is 2. The maximum atomic E-state index is 13.8. The number of alkyl halides is 2. The Bertz CT molecular complexity index is 751. The highest BCUT2D eigenvalue weighted by molar-refractivity contribution is 5.76. The smallest absolute Gasteiger partial charge is 0.387 e. The normalized spacial score (nSPS) is 10.4. The lowest BCUT2D eigenvalue weighted by atomic mass is 10.2. The van der Waals surface area contributed by atoms with Gasteiger partial charge in [0.15, 0.2) is 23.1 Å². The highest BCUT2D eigenvalue weighted by Crippen LogP contribution is 2.35. The van der Waals surface area contributed by atoms with Gasteiger partial charge in [-0.1, -0.05) is 0 Å². The van der Waals surface area contributed by atoms with E-state index in [1.807, 2.05) is 0 Å². The predicted octanol–water partition coefficient (Wildman–Crippen LogP) is 3.94. The maximum Gasteiger partial charge on any atom is 0.387 e. The lowest BCUT2D eigenvalue weighted by Crippen LogP contribution is -2.04. The third-order valence-electron chi connectivity index (χ3n) is 2.67. The first-order chi connectivity index (χ1) is 10.9. The summed E-state index contributed by atoms with van der Waals surface area (Å²) in [6, 6.07) is 5.92. The van der Waals surface area contributed by atoms with Crippen LogP contribution in [-0.4, -0.2) is 17.8 Å². The summed E-state index contributed by atoms with van der Waals surface area (Å²) in [6.45, 7) is -3.15. The van der Waals surface area contributed by atoms with Crippen molar-refractivity contribution in [3.05, 3.63) is 57.9 Å². The summed E-state index contributed by atoms with van der Waals surface area (Å²) >= 11 is 0. The molecule has 0 aliphatic rings. The second-order valence-corrected chi connectivity index (χ2v) is 4.18. The van der Waals surface area contributed by atoms with Crippen molar-refractivity contribution < 1.29 is 32.4 Å². The number of nitrogens with zero attached hydrogens (tertiary/aromatic N) is 1. The van der Waals surface area contributed by atoms with E-state index in [1.165, 1.54) is 6.07 Å². The van der Waals surface area contributed by atoms with Crippen LogP contribution in [0.3, 0.4) is 0 Å². The number of nitro groups is 1. The number of non-ortho nitro benzene ring substituents is 1. The maximum absolute atomic E-state index is 13.8. The van der Waals surface area contributed by atoms with Crippen molar-refractivity contribution in [2.75, 3.05) is 0 Å². The van der Waals surface area contributed by atoms with Gasteiger partial charge in [0.1, 0.15) is 6.29 Å². The van der Waals surface area contributed by atoms with Crippen LogP contribution >= 0.6 is 0 Å². The number of carbonyl (C=O) groups is 1. The molecule has 0 unspecified atom stereocenters. The number of nitro benzene ring substituents is 1. The number of carbonyl (C=O) groups excluding carboxylic acids is 1. The predicted molar refractivity (Wildman–Crippen MR) is 71.6 cm³/mol. The van der Waals surface area contributed by atoms with Gasteiger partial charge >= 0.3 is 6.61 Å². The van der Waals surface area contributed by atoms with Crippen LogP contribution in [0, 0.1) is 15.9 Å². The molecule has 0 atom stereocenters. The molecule has 120 valence electrons. The molecule has 0 spiro atoms. The summed E-state index contributed by atoms with van der Waals surface area (Å²) in [7, 11) is 0. The van der Waals surface area contributed by atoms with Gasteiger partial charge in [0.25, 0.3) is 5.69 Å². The zero-order chi connectivity index (χ0) is 17.0. The van der Waals surface area contributed by atoms with Crippen molar-refractivity contribution in [1.29, 1.82) is 0 Å². The standard InChI is InChI=1S/C14H8F3NO5/c15-10-6-9(18(20)21)2-4-11(10)22-13-5-8(7-19)1-3-12(13)23-14(16)17/h1-7,14H. The molecule has 0 saturated carbocycles. The first-order valence-electron chi connectivity index (χ1n) is 6.06. The number of aldehydes is 1. The van der Waals surface area contributed by atoms with Gasteiger partial charge in [0.2, 0.25) is 0 Å². The summed E-state index contributed by atoms with van der Waals surface area (Å²) in [6.07, 6.45) is 0.436. The Kier molecular flexibility index (Phi) is 4.79. The second-order valence-electron chi connectivity index (χ2n) is 4.18. The molecule has 2 aromatic rings. The number of halogens is 3. The molecule has 0 bridgehead atoms. The van der Waals surface area contributed by atoms with Crippen molar-refractivity contribution in [2.45, 2.75) is 6.61 Å². The molecule has 0 amide bonds. The third-order valence-corrected chi connectivity index (χ3v) is 2.67. The fourth-order valence-electron chi connectivity index (χ4n) is 1.68. The van der Waals surface area contributed by atoms with E-state index in [0.29, 0.717) is 12.4 Å². The SMILES string of the molecule is O=Cc1ccc(OC(F)F)c(Oc2ccc([N+](=O)[O-])cc2F)c1.